The van der Waals surface area contributed by atoms with Crippen molar-refractivity contribution in [3.05, 3.63) is 65.2 Å². The molecule has 32 heavy (non-hydrogen) atoms. The fourth-order valence-corrected chi connectivity index (χ4v) is 5.26. The summed E-state index contributed by atoms with van der Waals surface area (Å²) in [4.78, 5) is 7.21. The van der Waals surface area contributed by atoms with E-state index in [9.17, 15) is 0 Å². The van der Waals surface area contributed by atoms with Gasteiger partial charge in [0.25, 0.3) is 0 Å². The first kappa shape index (κ1) is 22.3. The van der Waals surface area contributed by atoms with Crippen molar-refractivity contribution < 1.29 is 0 Å². The molecule has 4 rings (SSSR count). The summed E-state index contributed by atoms with van der Waals surface area (Å²) < 4.78 is 0. The van der Waals surface area contributed by atoms with Gasteiger partial charge in [-0.3, -0.25) is 10.4 Å². The Morgan fingerprint density at radius 3 is 2.41 bits per heavy atom. The molecule has 2 aliphatic rings. The third-order valence-electron chi connectivity index (χ3n) is 7.54. The van der Waals surface area contributed by atoms with Crippen molar-refractivity contribution in [3.63, 3.8) is 0 Å². The van der Waals surface area contributed by atoms with Crippen LogP contribution in [0.1, 0.15) is 68.6 Å². The van der Waals surface area contributed by atoms with Gasteiger partial charge in [-0.1, -0.05) is 43.2 Å². The zero-order valence-electron chi connectivity index (χ0n) is 19.4. The Bertz CT molecular complexity index is 1000. The number of benzene rings is 2. The van der Waals surface area contributed by atoms with Crippen LogP contribution < -0.4 is 0 Å². The number of nitriles is 1. The van der Waals surface area contributed by atoms with Gasteiger partial charge in [0.05, 0.1) is 23.0 Å². The van der Waals surface area contributed by atoms with Crippen LogP contribution in [0.2, 0.25) is 0 Å². The van der Waals surface area contributed by atoms with Crippen LogP contribution in [0.3, 0.4) is 0 Å². The molecule has 1 heterocycles. The molecular weight excluding hydrogens is 392 g/mol. The lowest BCUT2D eigenvalue weighted by atomic mass is 9.69. The van der Waals surface area contributed by atoms with Gasteiger partial charge >= 0.3 is 0 Å². The van der Waals surface area contributed by atoms with Crippen LogP contribution in [-0.2, 0) is 0 Å². The van der Waals surface area contributed by atoms with Crippen molar-refractivity contribution >= 4 is 17.2 Å². The highest BCUT2D eigenvalue weighted by Gasteiger charge is 2.41. The molecule has 1 saturated heterocycles. The molecule has 0 atom stereocenters. The lowest BCUT2D eigenvalue weighted by Crippen LogP contribution is -2.35. The first-order valence-corrected chi connectivity index (χ1v) is 12.0. The average molecular weight is 427 g/mol. The van der Waals surface area contributed by atoms with Gasteiger partial charge in [0.1, 0.15) is 5.84 Å². The van der Waals surface area contributed by atoms with E-state index in [0.717, 1.165) is 36.0 Å². The van der Waals surface area contributed by atoms with Crippen LogP contribution in [0.5, 0.6) is 0 Å². The summed E-state index contributed by atoms with van der Waals surface area (Å²) in [7, 11) is 0. The van der Waals surface area contributed by atoms with E-state index in [2.05, 4.69) is 49.1 Å². The predicted molar refractivity (Wildman–Crippen MR) is 132 cm³/mol. The minimum atomic E-state index is 0.423. The van der Waals surface area contributed by atoms with E-state index in [1.165, 1.54) is 44.1 Å². The summed E-state index contributed by atoms with van der Waals surface area (Å²) in [5.41, 5.74) is 5.06. The molecule has 2 fully saturated rings. The predicted octanol–water partition coefficient (Wildman–Crippen LogP) is 6.65. The molecule has 0 amide bonds. The smallest absolute Gasteiger partial charge is 0.102 e. The number of hydrogen-bond donors (Lipinski definition) is 1. The molecule has 4 nitrogen and oxygen atoms in total. The van der Waals surface area contributed by atoms with E-state index < -0.39 is 0 Å². The molecular formula is C28H34N4. The monoisotopic (exact) mass is 426 g/mol. The highest BCUT2D eigenvalue weighted by molar-refractivity contribution is 6.12. The maximum atomic E-state index is 9.07. The van der Waals surface area contributed by atoms with Gasteiger partial charge in [-0.25, -0.2) is 0 Å². The number of amidine groups is 1. The molecule has 1 aliphatic carbocycles. The van der Waals surface area contributed by atoms with E-state index in [1.807, 2.05) is 12.1 Å². The second kappa shape index (κ2) is 9.69. The van der Waals surface area contributed by atoms with Gasteiger partial charge in [0.15, 0.2) is 0 Å². The van der Waals surface area contributed by atoms with E-state index in [4.69, 9.17) is 15.7 Å². The van der Waals surface area contributed by atoms with Gasteiger partial charge < -0.3 is 4.90 Å². The topological polar surface area (TPSA) is 63.2 Å². The van der Waals surface area contributed by atoms with Crippen LogP contribution in [0.4, 0.5) is 5.69 Å². The summed E-state index contributed by atoms with van der Waals surface area (Å²) in [6.45, 7) is 6.42. The van der Waals surface area contributed by atoms with Gasteiger partial charge in [-0.15, -0.1) is 0 Å². The van der Waals surface area contributed by atoms with Crippen molar-refractivity contribution in [1.82, 2.24) is 4.90 Å². The second-order valence-electron chi connectivity index (χ2n) is 9.73. The Morgan fingerprint density at radius 2 is 1.78 bits per heavy atom. The van der Waals surface area contributed by atoms with Crippen LogP contribution >= 0.6 is 0 Å². The number of likely N-dealkylation sites (tertiary alicyclic amines) is 1. The van der Waals surface area contributed by atoms with Crippen LogP contribution in [0.15, 0.2) is 53.5 Å². The largest absolute Gasteiger partial charge is 0.360 e. The minimum Gasteiger partial charge on any atom is -0.360 e. The molecule has 1 saturated carbocycles. The summed E-state index contributed by atoms with van der Waals surface area (Å²) in [6, 6.07) is 17.9. The SMILES string of the molecule is CCC1CCC2(CC1)CCN(C(=N)CC(=Nc1ccc(C#N)cc1)c1ccc(C)cc1)C2. The van der Waals surface area contributed by atoms with Crippen molar-refractivity contribution in [2.24, 2.45) is 16.3 Å². The molecule has 0 radical (unpaired) electrons. The second-order valence-corrected chi connectivity index (χ2v) is 9.73. The maximum Gasteiger partial charge on any atom is 0.102 e. The number of aryl methyl sites for hydroxylation is 1. The molecule has 4 heteroatoms. The Labute approximate surface area is 192 Å². The number of rotatable bonds is 5. The molecule has 0 aromatic heterocycles. The van der Waals surface area contributed by atoms with Crippen molar-refractivity contribution in [3.8, 4) is 6.07 Å². The van der Waals surface area contributed by atoms with Crippen molar-refractivity contribution in [2.75, 3.05) is 13.1 Å². The molecule has 166 valence electrons. The third kappa shape index (κ3) is 5.10. The summed E-state index contributed by atoms with van der Waals surface area (Å²) in [5.74, 6) is 1.58. The Kier molecular flexibility index (Phi) is 6.74. The summed E-state index contributed by atoms with van der Waals surface area (Å²) in [5, 5.41) is 18.0. The van der Waals surface area contributed by atoms with Crippen molar-refractivity contribution in [2.45, 2.75) is 58.8 Å². The van der Waals surface area contributed by atoms with E-state index in [1.54, 1.807) is 12.1 Å². The number of nitrogens with one attached hydrogen (secondary N) is 1. The number of nitrogens with zero attached hydrogens (tertiary/aromatic N) is 3. The Morgan fingerprint density at radius 1 is 1.09 bits per heavy atom. The quantitative estimate of drug-likeness (QED) is 0.430. The van der Waals surface area contributed by atoms with Gasteiger partial charge in [0.2, 0.25) is 0 Å². The van der Waals surface area contributed by atoms with E-state index >= 15 is 0 Å². The van der Waals surface area contributed by atoms with Crippen LogP contribution in [0, 0.1) is 35.0 Å². The number of hydrogen-bond acceptors (Lipinski definition) is 3. The minimum absolute atomic E-state index is 0.423. The molecule has 1 aliphatic heterocycles. The van der Waals surface area contributed by atoms with E-state index in [0.29, 0.717) is 23.2 Å². The van der Waals surface area contributed by atoms with Crippen LogP contribution in [0.25, 0.3) is 0 Å². The van der Waals surface area contributed by atoms with Gasteiger partial charge in [-0.05, 0) is 80.2 Å². The molecule has 0 unspecified atom stereocenters. The van der Waals surface area contributed by atoms with Gasteiger partial charge in [-0.2, -0.15) is 5.26 Å². The first-order valence-electron chi connectivity index (χ1n) is 12.0. The van der Waals surface area contributed by atoms with Crippen molar-refractivity contribution in [1.29, 1.82) is 10.7 Å². The summed E-state index contributed by atoms with van der Waals surface area (Å²) in [6.07, 6.45) is 8.40. The number of aliphatic imine (C=N–C) groups is 1. The molecule has 1 N–H and O–H groups in total. The fraction of sp³-hybridized carbons (Fsp3) is 0.464. The molecule has 2 aromatic rings. The highest BCUT2D eigenvalue weighted by Crippen LogP contribution is 2.46. The normalized spacial score (nSPS) is 23.3. The molecule has 0 bridgehead atoms. The zero-order chi connectivity index (χ0) is 22.6. The summed E-state index contributed by atoms with van der Waals surface area (Å²) >= 11 is 0. The Hall–Kier alpha value is -2.93. The third-order valence-corrected chi connectivity index (χ3v) is 7.54. The fourth-order valence-electron chi connectivity index (χ4n) is 5.26. The van der Waals surface area contributed by atoms with Gasteiger partial charge in [0, 0.05) is 19.5 Å². The molecule has 1 spiro atoms. The highest BCUT2D eigenvalue weighted by atomic mass is 15.2. The Balaban J connectivity index is 1.51. The zero-order valence-corrected chi connectivity index (χ0v) is 19.4. The first-order chi connectivity index (χ1) is 15.5. The maximum absolute atomic E-state index is 9.07. The molecule has 2 aromatic carbocycles. The standard InChI is InChI=1S/C28H34N4/c1-3-22-12-14-28(15-13-22)16-17-32(20-28)27(30)18-26(24-8-4-21(2)5-9-24)31-25-10-6-23(19-29)7-11-25/h4-11,22,30H,3,12-18,20H2,1-2H3. The van der Waals surface area contributed by atoms with Crippen LogP contribution in [-0.4, -0.2) is 29.5 Å². The lowest BCUT2D eigenvalue weighted by molar-refractivity contribution is 0.159. The average Bonchev–Trinajstić information content (AvgIpc) is 3.24. The van der Waals surface area contributed by atoms with E-state index in [-0.39, 0.29) is 0 Å². The lowest BCUT2D eigenvalue weighted by Gasteiger charge is -2.37.